The van der Waals surface area contributed by atoms with Crippen LogP contribution in [0.2, 0.25) is 5.02 Å². The van der Waals surface area contributed by atoms with Crippen LogP contribution in [-0.4, -0.2) is 18.5 Å². The molecule has 1 unspecified atom stereocenters. The summed E-state index contributed by atoms with van der Waals surface area (Å²) in [5.74, 6) is -0.168. The van der Waals surface area contributed by atoms with Crippen molar-refractivity contribution >= 4 is 45.8 Å². The fourth-order valence-electron chi connectivity index (χ4n) is 1.18. The molecule has 0 saturated carbocycles. The van der Waals surface area contributed by atoms with E-state index in [1.54, 1.807) is 18.2 Å². The molecule has 0 spiro atoms. The Morgan fingerprint density at radius 2 is 2.24 bits per heavy atom. The molecule has 0 bridgehead atoms. The van der Waals surface area contributed by atoms with E-state index in [4.69, 9.17) is 17.3 Å². The minimum Gasteiger partial charge on any atom is -0.352 e. The van der Waals surface area contributed by atoms with E-state index in [0.29, 0.717) is 17.1 Å². The smallest absolute Gasteiger partial charge is 0.252 e. The molecule has 17 heavy (non-hydrogen) atoms. The van der Waals surface area contributed by atoms with Crippen LogP contribution in [0.15, 0.2) is 22.7 Å². The lowest BCUT2D eigenvalue weighted by molar-refractivity contribution is 0.0953. The zero-order chi connectivity index (χ0) is 12.1. The first-order valence-corrected chi connectivity index (χ1v) is 6.16. The molecule has 6 heteroatoms. The Balaban J connectivity index is 0.00000256. The van der Waals surface area contributed by atoms with Crippen LogP contribution >= 0.6 is 39.9 Å². The van der Waals surface area contributed by atoms with Crippen LogP contribution in [0.4, 0.5) is 0 Å². The van der Waals surface area contributed by atoms with Gasteiger partial charge >= 0.3 is 0 Å². The first kappa shape index (κ1) is 16.7. The molecular formula is C11H15BrCl2N2O. The minimum absolute atomic E-state index is 0. The van der Waals surface area contributed by atoms with Gasteiger partial charge in [-0.15, -0.1) is 12.4 Å². The van der Waals surface area contributed by atoms with Crippen LogP contribution in [0.5, 0.6) is 0 Å². The first-order chi connectivity index (χ1) is 7.50. The van der Waals surface area contributed by atoms with Crippen LogP contribution in [0.25, 0.3) is 0 Å². The molecule has 1 rings (SSSR count). The molecule has 0 radical (unpaired) electrons. The number of benzene rings is 1. The number of rotatable bonds is 4. The Labute approximate surface area is 121 Å². The number of amides is 1. The monoisotopic (exact) mass is 340 g/mol. The predicted molar refractivity (Wildman–Crippen MR) is 77.0 cm³/mol. The number of hydrogen-bond donors (Lipinski definition) is 2. The standard InChI is InChI=1S/C11H14BrClN2O.ClH/c1-7(14)4-5-15-11(16)9-3-2-8(12)6-10(9)13;/h2-3,6-7H,4-5,14H2,1H3,(H,15,16);1H. The number of nitrogens with two attached hydrogens (primary N) is 1. The molecule has 0 saturated heterocycles. The van der Waals surface area contributed by atoms with E-state index in [0.717, 1.165) is 10.9 Å². The SMILES string of the molecule is CC(N)CCNC(=O)c1ccc(Br)cc1Cl.Cl. The molecule has 0 aliphatic carbocycles. The topological polar surface area (TPSA) is 55.1 Å². The van der Waals surface area contributed by atoms with Gasteiger partial charge in [-0.1, -0.05) is 27.5 Å². The van der Waals surface area contributed by atoms with Crippen molar-refractivity contribution in [2.75, 3.05) is 6.54 Å². The van der Waals surface area contributed by atoms with Crippen LogP contribution in [0, 0.1) is 0 Å². The van der Waals surface area contributed by atoms with Crippen molar-refractivity contribution in [3.8, 4) is 0 Å². The first-order valence-electron chi connectivity index (χ1n) is 4.99. The van der Waals surface area contributed by atoms with E-state index in [1.165, 1.54) is 0 Å². The second-order valence-electron chi connectivity index (χ2n) is 3.65. The molecule has 1 atom stereocenters. The van der Waals surface area contributed by atoms with Crippen molar-refractivity contribution in [2.45, 2.75) is 19.4 Å². The summed E-state index contributed by atoms with van der Waals surface area (Å²) in [5.41, 5.74) is 6.06. The zero-order valence-corrected chi connectivity index (χ0v) is 12.5. The Morgan fingerprint density at radius 3 is 2.76 bits per heavy atom. The van der Waals surface area contributed by atoms with Crippen LogP contribution < -0.4 is 11.1 Å². The van der Waals surface area contributed by atoms with Gasteiger partial charge in [-0.25, -0.2) is 0 Å². The molecular weight excluding hydrogens is 327 g/mol. The van der Waals surface area contributed by atoms with Crippen molar-refractivity contribution in [1.29, 1.82) is 0 Å². The molecule has 0 fully saturated rings. The molecule has 0 heterocycles. The Hall–Kier alpha value is -0.290. The minimum atomic E-state index is -0.168. The molecule has 1 amide bonds. The van der Waals surface area contributed by atoms with Crippen molar-refractivity contribution < 1.29 is 4.79 Å². The lowest BCUT2D eigenvalue weighted by atomic mass is 10.2. The van der Waals surface area contributed by atoms with E-state index in [2.05, 4.69) is 21.2 Å². The third-order valence-electron chi connectivity index (χ3n) is 2.06. The molecule has 3 nitrogen and oxygen atoms in total. The number of halogens is 3. The Morgan fingerprint density at radius 1 is 1.59 bits per heavy atom. The summed E-state index contributed by atoms with van der Waals surface area (Å²) in [7, 11) is 0. The van der Waals surface area contributed by atoms with Crippen LogP contribution in [0.1, 0.15) is 23.7 Å². The van der Waals surface area contributed by atoms with Gasteiger partial charge in [0.1, 0.15) is 0 Å². The fraction of sp³-hybridized carbons (Fsp3) is 0.364. The average Bonchev–Trinajstić information content (AvgIpc) is 2.16. The summed E-state index contributed by atoms with van der Waals surface area (Å²) in [6, 6.07) is 5.25. The number of hydrogen-bond acceptors (Lipinski definition) is 2. The fourth-order valence-corrected chi connectivity index (χ4v) is 1.94. The molecule has 0 aliphatic heterocycles. The quantitative estimate of drug-likeness (QED) is 0.884. The van der Waals surface area contributed by atoms with Gasteiger partial charge < -0.3 is 11.1 Å². The van der Waals surface area contributed by atoms with Gasteiger partial charge in [-0.2, -0.15) is 0 Å². The average molecular weight is 342 g/mol. The van der Waals surface area contributed by atoms with E-state index < -0.39 is 0 Å². The van der Waals surface area contributed by atoms with E-state index >= 15 is 0 Å². The predicted octanol–water partition coefficient (Wildman–Crippen LogP) is 2.99. The second-order valence-corrected chi connectivity index (χ2v) is 4.97. The van der Waals surface area contributed by atoms with Gasteiger partial charge in [0.25, 0.3) is 5.91 Å². The molecule has 96 valence electrons. The lowest BCUT2D eigenvalue weighted by Crippen LogP contribution is -2.29. The summed E-state index contributed by atoms with van der Waals surface area (Å²) in [6.45, 7) is 2.46. The molecule has 0 aromatic heterocycles. The number of nitrogens with one attached hydrogen (secondary N) is 1. The maximum atomic E-state index is 11.7. The zero-order valence-electron chi connectivity index (χ0n) is 9.37. The van der Waals surface area contributed by atoms with Crippen molar-refractivity contribution in [1.82, 2.24) is 5.32 Å². The van der Waals surface area contributed by atoms with Gasteiger partial charge in [-0.05, 0) is 31.5 Å². The van der Waals surface area contributed by atoms with Crippen molar-refractivity contribution in [3.63, 3.8) is 0 Å². The highest BCUT2D eigenvalue weighted by molar-refractivity contribution is 9.10. The third kappa shape index (κ3) is 5.73. The van der Waals surface area contributed by atoms with E-state index in [1.807, 2.05) is 6.92 Å². The summed E-state index contributed by atoms with van der Waals surface area (Å²) < 4.78 is 0.852. The highest BCUT2D eigenvalue weighted by Crippen LogP contribution is 2.21. The molecule has 1 aromatic rings. The van der Waals surface area contributed by atoms with Crippen LogP contribution in [0.3, 0.4) is 0 Å². The van der Waals surface area contributed by atoms with Gasteiger partial charge in [0, 0.05) is 17.1 Å². The second kappa shape index (κ2) is 7.93. The maximum absolute atomic E-state index is 11.7. The van der Waals surface area contributed by atoms with Crippen molar-refractivity contribution in [3.05, 3.63) is 33.3 Å². The maximum Gasteiger partial charge on any atom is 0.252 e. The van der Waals surface area contributed by atoms with Crippen molar-refractivity contribution in [2.24, 2.45) is 5.73 Å². The largest absolute Gasteiger partial charge is 0.352 e. The van der Waals surface area contributed by atoms with Gasteiger partial charge in [-0.3, -0.25) is 4.79 Å². The highest BCUT2D eigenvalue weighted by Gasteiger charge is 2.09. The molecule has 3 N–H and O–H groups in total. The highest BCUT2D eigenvalue weighted by atomic mass is 79.9. The van der Waals surface area contributed by atoms with Crippen LogP contribution in [-0.2, 0) is 0 Å². The van der Waals surface area contributed by atoms with Gasteiger partial charge in [0.05, 0.1) is 10.6 Å². The normalized spacial score (nSPS) is 11.5. The summed E-state index contributed by atoms with van der Waals surface area (Å²) >= 11 is 9.23. The summed E-state index contributed by atoms with van der Waals surface area (Å²) in [4.78, 5) is 11.7. The van der Waals surface area contributed by atoms with Gasteiger partial charge in [0.2, 0.25) is 0 Å². The van der Waals surface area contributed by atoms with Gasteiger partial charge in [0.15, 0.2) is 0 Å². The van der Waals surface area contributed by atoms with E-state index in [9.17, 15) is 4.79 Å². The summed E-state index contributed by atoms with van der Waals surface area (Å²) in [5, 5.41) is 3.21. The molecule has 0 aliphatic rings. The summed E-state index contributed by atoms with van der Waals surface area (Å²) in [6.07, 6.45) is 0.750. The van der Waals surface area contributed by atoms with E-state index in [-0.39, 0.29) is 24.4 Å². The number of carbonyl (C=O) groups excluding carboxylic acids is 1. The molecule has 1 aromatic carbocycles. The Bertz CT molecular complexity index is 386. The third-order valence-corrected chi connectivity index (χ3v) is 2.87. The Kier molecular flexibility index (Phi) is 7.79. The lowest BCUT2D eigenvalue weighted by Gasteiger charge is -2.08. The number of carbonyl (C=O) groups is 1.